The van der Waals surface area contributed by atoms with E-state index in [1.54, 1.807) is 0 Å². The highest BCUT2D eigenvalue weighted by molar-refractivity contribution is 7.78. The normalized spacial score (nSPS) is 9.77. The Balaban J connectivity index is 1.79. The number of hydrogen-bond donors (Lipinski definition) is 0. The van der Waals surface area contributed by atoms with Gasteiger partial charge in [-0.15, -0.1) is 0 Å². The minimum absolute atomic E-state index is 0.0347. The van der Waals surface area contributed by atoms with Crippen molar-refractivity contribution in [3.05, 3.63) is 77.5 Å². The van der Waals surface area contributed by atoms with Gasteiger partial charge in [0.05, 0.1) is 11.4 Å². The molecule has 126 valence electrons. The fraction of sp³-hybridized carbons (Fsp3) is 0.0952. The van der Waals surface area contributed by atoms with Crippen LogP contribution in [0, 0.1) is 17.8 Å². The molecule has 3 aromatic rings. The highest BCUT2D eigenvalue weighted by atomic mass is 32.1. The molecule has 0 saturated carbocycles. The average molecular weight is 359 g/mol. The second kappa shape index (κ2) is 8.26. The number of isothiocyanates is 1. The predicted octanol–water partition coefficient (Wildman–Crippen LogP) is 4.98. The van der Waals surface area contributed by atoms with Gasteiger partial charge >= 0.3 is 0 Å². The molecule has 0 unspecified atom stereocenters. The summed E-state index contributed by atoms with van der Waals surface area (Å²) in [6.07, 6.45) is 2.32. The Labute approximate surface area is 156 Å². The molecule has 0 aliphatic heterocycles. The summed E-state index contributed by atoms with van der Waals surface area (Å²) < 4.78 is 13.8. The number of hydrogen-bond acceptors (Lipinski definition) is 4. The van der Waals surface area contributed by atoms with E-state index in [0.29, 0.717) is 0 Å². The number of aliphatic imine (C=N–C) groups is 1. The third-order valence-electron chi connectivity index (χ3n) is 3.78. The van der Waals surface area contributed by atoms with Gasteiger partial charge in [-0.2, -0.15) is 14.4 Å². The zero-order chi connectivity index (χ0) is 18.4. The van der Waals surface area contributed by atoms with Crippen LogP contribution in [0.2, 0.25) is 0 Å². The topological polar surface area (TPSA) is 38.1 Å². The molecule has 3 nitrogen and oxygen atoms in total. The lowest BCUT2D eigenvalue weighted by Crippen LogP contribution is -1.93. The summed E-state index contributed by atoms with van der Waals surface area (Å²) in [5.74, 6) is 4.87. The Morgan fingerprint density at radius 3 is 2.23 bits per heavy atom. The van der Waals surface area contributed by atoms with E-state index in [4.69, 9.17) is 0 Å². The van der Waals surface area contributed by atoms with Crippen molar-refractivity contribution in [2.24, 2.45) is 4.99 Å². The fourth-order valence-electron chi connectivity index (χ4n) is 2.35. The molecule has 5 heteroatoms. The van der Waals surface area contributed by atoms with Gasteiger partial charge in [-0.3, -0.25) is 0 Å². The first-order valence-corrected chi connectivity index (χ1v) is 8.42. The van der Waals surface area contributed by atoms with E-state index in [2.05, 4.69) is 75.4 Å². The molecule has 1 aromatic heterocycles. The van der Waals surface area contributed by atoms with E-state index in [-0.39, 0.29) is 11.5 Å². The van der Waals surface area contributed by atoms with E-state index in [1.807, 2.05) is 24.3 Å². The fourth-order valence-corrected chi connectivity index (χ4v) is 2.45. The summed E-state index contributed by atoms with van der Waals surface area (Å²) in [6, 6.07) is 16.2. The van der Waals surface area contributed by atoms with Crippen molar-refractivity contribution in [3.8, 4) is 23.0 Å². The van der Waals surface area contributed by atoms with E-state index in [1.165, 1.54) is 11.8 Å². The van der Waals surface area contributed by atoms with Crippen LogP contribution in [0.4, 0.5) is 10.2 Å². The van der Waals surface area contributed by atoms with Crippen molar-refractivity contribution in [3.63, 3.8) is 0 Å². The molecule has 0 N–H and O–H groups in total. The lowest BCUT2D eigenvalue weighted by molar-refractivity contribution is 0.573. The number of benzene rings is 2. The van der Waals surface area contributed by atoms with Gasteiger partial charge in [0, 0.05) is 5.56 Å². The van der Waals surface area contributed by atoms with Crippen molar-refractivity contribution >= 4 is 23.2 Å². The van der Waals surface area contributed by atoms with Crippen LogP contribution < -0.4 is 0 Å². The molecule has 26 heavy (non-hydrogen) atoms. The number of aryl methyl sites for hydroxylation is 1. The molecule has 0 fully saturated rings. The van der Waals surface area contributed by atoms with Crippen LogP contribution in [0.15, 0.2) is 59.7 Å². The Bertz CT molecular complexity index is 1030. The van der Waals surface area contributed by atoms with Crippen LogP contribution in [-0.2, 0) is 6.42 Å². The maximum Gasteiger partial charge on any atom is 0.249 e. The minimum atomic E-state index is -0.781. The molecule has 0 bridgehead atoms. The number of aromatic nitrogens is 2. The highest BCUT2D eigenvalue weighted by Gasteiger charge is 2.04. The van der Waals surface area contributed by atoms with E-state index in [9.17, 15) is 4.39 Å². The van der Waals surface area contributed by atoms with Crippen molar-refractivity contribution in [1.82, 2.24) is 9.97 Å². The molecule has 2 aromatic carbocycles. The molecule has 0 amide bonds. The first kappa shape index (κ1) is 17.6. The Morgan fingerprint density at radius 1 is 1.00 bits per heavy atom. The minimum Gasteiger partial charge on any atom is -0.239 e. The number of nitrogens with zero attached hydrogens (tertiary/aromatic N) is 3. The molecule has 0 atom stereocenters. The highest BCUT2D eigenvalue weighted by Crippen LogP contribution is 2.20. The van der Waals surface area contributed by atoms with Gasteiger partial charge in [0.2, 0.25) is 5.95 Å². The van der Waals surface area contributed by atoms with Gasteiger partial charge in [-0.25, -0.2) is 4.98 Å². The third kappa shape index (κ3) is 4.25. The molecule has 0 aliphatic carbocycles. The average Bonchev–Trinajstić information content (AvgIpc) is 2.68. The van der Waals surface area contributed by atoms with Crippen LogP contribution in [-0.4, -0.2) is 15.1 Å². The maximum atomic E-state index is 13.8. The first-order chi connectivity index (χ1) is 12.7. The van der Waals surface area contributed by atoms with Crippen LogP contribution >= 0.6 is 12.2 Å². The van der Waals surface area contributed by atoms with E-state index in [0.717, 1.165) is 23.1 Å². The zero-order valence-corrected chi connectivity index (χ0v) is 14.8. The largest absolute Gasteiger partial charge is 0.249 e. The van der Waals surface area contributed by atoms with Gasteiger partial charge in [-0.05, 0) is 53.4 Å². The van der Waals surface area contributed by atoms with E-state index < -0.39 is 5.95 Å². The quantitative estimate of drug-likeness (QED) is 0.376. The molecule has 3 rings (SSSR count). The van der Waals surface area contributed by atoms with Crippen molar-refractivity contribution in [2.45, 2.75) is 13.3 Å². The van der Waals surface area contributed by atoms with Crippen LogP contribution in [0.3, 0.4) is 0 Å². The van der Waals surface area contributed by atoms with Crippen molar-refractivity contribution in [1.29, 1.82) is 0 Å². The Morgan fingerprint density at radius 2 is 1.65 bits per heavy atom. The number of halogens is 1. The molecular formula is C21H14FN3S. The summed E-state index contributed by atoms with van der Waals surface area (Å²) >= 11 is 4.45. The summed E-state index contributed by atoms with van der Waals surface area (Å²) in [5.41, 5.74) is 4.29. The first-order valence-electron chi connectivity index (χ1n) is 8.01. The van der Waals surface area contributed by atoms with Crippen LogP contribution in [0.5, 0.6) is 0 Å². The lowest BCUT2D eigenvalue weighted by Gasteiger charge is -2.03. The number of thiocarbonyl (C=S) groups is 1. The van der Waals surface area contributed by atoms with Crippen molar-refractivity contribution < 1.29 is 4.39 Å². The zero-order valence-electron chi connectivity index (χ0n) is 14.0. The van der Waals surface area contributed by atoms with Gasteiger partial charge in [0.15, 0.2) is 11.5 Å². The van der Waals surface area contributed by atoms with Crippen LogP contribution in [0.1, 0.15) is 23.7 Å². The molecule has 0 spiro atoms. The SMILES string of the molecule is CCc1ccc(-c2ccc(C#Cc3ncc(N=C=S)nc3F)cc2)cc1. The second-order valence-corrected chi connectivity index (χ2v) is 5.63. The third-order valence-corrected chi connectivity index (χ3v) is 3.87. The number of rotatable bonds is 3. The second-order valence-electron chi connectivity index (χ2n) is 5.45. The molecular weight excluding hydrogens is 345 g/mol. The summed E-state index contributed by atoms with van der Waals surface area (Å²) in [5, 5.41) is 2.12. The Kier molecular flexibility index (Phi) is 5.60. The summed E-state index contributed by atoms with van der Waals surface area (Å²) in [7, 11) is 0. The smallest absolute Gasteiger partial charge is 0.239 e. The Hall–Kier alpha value is -3.19. The maximum absolute atomic E-state index is 13.8. The van der Waals surface area contributed by atoms with Gasteiger partial charge in [0.25, 0.3) is 0 Å². The van der Waals surface area contributed by atoms with Crippen molar-refractivity contribution in [2.75, 3.05) is 0 Å². The van der Waals surface area contributed by atoms with E-state index >= 15 is 0 Å². The van der Waals surface area contributed by atoms with Gasteiger partial charge < -0.3 is 0 Å². The standard InChI is InChI=1S/C21H14FN3S/c1-2-15-3-8-17(9-4-15)18-10-5-16(6-11-18)7-12-19-21(22)25-20(13-23-19)24-14-26/h3-6,8-11,13H,2H2,1H3. The predicted molar refractivity (Wildman–Crippen MR) is 104 cm³/mol. The molecule has 0 aliphatic rings. The monoisotopic (exact) mass is 359 g/mol. The van der Waals surface area contributed by atoms with Crippen LogP contribution in [0.25, 0.3) is 11.1 Å². The van der Waals surface area contributed by atoms with Gasteiger partial charge in [0.1, 0.15) is 0 Å². The summed E-state index contributed by atoms with van der Waals surface area (Å²) in [6.45, 7) is 2.13. The van der Waals surface area contributed by atoms with Gasteiger partial charge in [-0.1, -0.05) is 49.2 Å². The molecule has 0 radical (unpaired) electrons. The lowest BCUT2D eigenvalue weighted by atomic mass is 10.0. The summed E-state index contributed by atoms with van der Waals surface area (Å²) in [4.78, 5) is 11.1. The molecule has 0 saturated heterocycles. The molecule has 1 heterocycles.